The van der Waals surface area contributed by atoms with Crippen molar-refractivity contribution in [1.82, 2.24) is 14.9 Å². The monoisotopic (exact) mass is 324 g/mol. The first-order valence-corrected chi connectivity index (χ1v) is 7.90. The normalized spacial score (nSPS) is 10.6. The van der Waals surface area contributed by atoms with Crippen molar-refractivity contribution in [2.45, 2.75) is 13.8 Å². The average Bonchev–Trinajstić information content (AvgIpc) is 2.98. The third-order valence-corrected chi connectivity index (χ3v) is 3.54. The lowest BCUT2D eigenvalue weighted by atomic mass is 10.2. The van der Waals surface area contributed by atoms with Crippen LogP contribution in [0.2, 0.25) is 0 Å². The summed E-state index contributed by atoms with van der Waals surface area (Å²) in [6, 6.07) is 15.2. The molecule has 6 nitrogen and oxygen atoms in total. The van der Waals surface area contributed by atoms with Crippen molar-refractivity contribution < 1.29 is 9.47 Å². The summed E-state index contributed by atoms with van der Waals surface area (Å²) in [4.78, 5) is 0. The molecule has 0 aliphatic carbocycles. The van der Waals surface area contributed by atoms with Crippen molar-refractivity contribution in [3.8, 4) is 34.3 Å². The second kappa shape index (κ2) is 7.04. The minimum absolute atomic E-state index is 0.599. The summed E-state index contributed by atoms with van der Waals surface area (Å²) in [5.74, 6) is 9.02. The van der Waals surface area contributed by atoms with Gasteiger partial charge in [-0.05, 0) is 62.4 Å². The van der Waals surface area contributed by atoms with Crippen LogP contribution >= 0.6 is 0 Å². The zero-order valence-electron chi connectivity index (χ0n) is 13.8. The highest BCUT2D eigenvalue weighted by atomic mass is 16.5. The van der Waals surface area contributed by atoms with Crippen molar-refractivity contribution >= 4 is 0 Å². The van der Waals surface area contributed by atoms with Crippen molar-refractivity contribution in [3.63, 3.8) is 0 Å². The van der Waals surface area contributed by atoms with E-state index < -0.39 is 0 Å². The van der Waals surface area contributed by atoms with Gasteiger partial charge in [0.15, 0.2) is 11.6 Å². The van der Waals surface area contributed by atoms with Gasteiger partial charge in [0.05, 0.1) is 13.2 Å². The number of aromatic nitrogens is 3. The maximum absolute atomic E-state index is 6.19. The zero-order chi connectivity index (χ0) is 16.9. The highest BCUT2D eigenvalue weighted by Crippen LogP contribution is 2.25. The van der Waals surface area contributed by atoms with Gasteiger partial charge in [-0.3, -0.25) is 0 Å². The molecular weight excluding hydrogens is 304 g/mol. The Hall–Kier alpha value is -3.02. The second-order valence-corrected chi connectivity index (χ2v) is 5.13. The van der Waals surface area contributed by atoms with E-state index in [1.165, 1.54) is 4.68 Å². The Morgan fingerprint density at radius 1 is 0.750 bits per heavy atom. The Kier molecular flexibility index (Phi) is 4.65. The van der Waals surface area contributed by atoms with Crippen LogP contribution in [-0.4, -0.2) is 28.1 Å². The summed E-state index contributed by atoms with van der Waals surface area (Å²) in [5, 5.41) is 8.43. The molecule has 2 N–H and O–H groups in total. The molecule has 24 heavy (non-hydrogen) atoms. The Balaban J connectivity index is 1.87. The first-order valence-electron chi connectivity index (χ1n) is 7.90. The molecule has 0 spiro atoms. The number of rotatable bonds is 6. The fourth-order valence-electron chi connectivity index (χ4n) is 2.42. The summed E-state index contributed by atoms with van der Waals surface area (Å²) >= 11 is 0. The van der Waals surface area contributed by atoms with Crippen molar-refractivity contribution in [2.24, 2.45) is 0 Å². The molecule has 3 rings (SSSR count). The smallest absolute Gasteiger partial charge is 0.182 e. The minimum Gasteiger partial charge on any atom is -0.494 e. The fourth-order valence-corrected chi connectivity index (χ4v) is 2.42. The summed E-state index contributed by atoms with van der Waals surface area (Å²) < 4.78 is 12.4. The van der Waals surface area contributed by atoms with E-state index in [1.807, 2.05) is 62.4 Å². The molecule has 3 aromatic rings. The number of nitrogen functional groups attached to an aromatic ring is 1. The van der Waals surface area contributed by atoms with Crippen LogP contribution in [0.4, 0.5) is 0 Å². The topological polar surface area (TPSA) is 75.2 Å². The van der Waals surface area contributed by atoms with Crippen LogP contribution < -0.4 is 15.3 Å². The Morgan fingerprint density at radius 2 is 1.12 bits per heavy atom. The van der Waals surface area contributed by atoms with Crippen LogP contribution in [0.1, 0.15) is 13.8 Å². The SMILES string of the molecule is CCOc1ccc(-c2nnc(-c3ccc(OCC)cc3)n2N)cc1. The quantitative estimate of drug-likeness (QED) is 0.705. The predicted octanol–water partition coefficient (Wildman–Crippen LogP) is 3.12. The van der Waals surface area contributed by atoms with E-state index in [4.69, 9.17) is 15.3 Å². The molecule has 0 aliphatic heterocycles. The molecule has 0 saturated carbocycles. The number of nitrogens with zero attached hydrogens (tertiary/aromatic N) is 3. The number of hydrogen-bond donors (Lipinski definition) is 1. The predicted molar refractivity (Wildman–Crippen MR) is 93.4 cm³/mol. The largest absolute Gasteiger partial charge is 0.494 e. The van der Waals surface area contributed by atoms with Crippen molar-refractivity contribution in [3.05, 3.63) is 48.5 Å². The van der Waals surface area contributed by atoms with E-state index >= 15 is 0 Å². The molecule has 124 valence electrons. The van der Waals surface area contributed by atoms with Gasteiger partial charge in [-0.15, -0.1) is 10.2 Å². The van der Waals surface area contributed by atoms with Crippen LogP contribution in [0, 0.1) is 0 Å². The molecule has 0 fully saturated rings. The molecule has 0 atom stereocenters. The van der Waals surface area contributed by atoms with Crippen LogP contribution in [0.25, 0.3) is 22.8 Å². The Morgan fingerprint density at radius 3 is 1.46 bits per heavy atom. The van der Waals surface area contributed by atoms with Gasteiger partial charge >= 0.3 is 0 Å². The molecule has 0 radical (unpaired) electrons. The molecule has 0 amide bonds. The van der Waals surface area contributed by atoms with Crippen LogP contribution in [0.5, 0.6) is 11.5 Å². The van der Waals surface area contributed by atoms with Gasteiger partial charge in [0, 0.05) is 11.1 Å². The molecule has 2 aromatic carbocycles. The molecule has 0 aliphatic rings. The first kappa shape index (κ1) is 15.9. The van der Waals surface area contributed by atoms with Crippen LogP contribution in [0.3, 0.4) is 0 Å². The van der Waals surface area contributed by atoms with Gasteiger partial charge in [0.1, 0.15) is 11.5 Å². The second-order valence-electron chi connectivity index (χ2n) is 5.13. The van der Waals surface area contributed by atoms with Crippen molar-refractivity contribution in [2.75, 3.05) is 19.1 Å². The van der Waals surface area contributed by atoms with E-state index in [0.29, 0.717) is 24.9 Å². The van der Waals surface area contributed by atoms with E-state index in [-0.39, 0.29) is 0 Å². The third-order valence-electron chi connectivity index (χ3n) is 3.54. The minimum atomic E-state index is 0.599. The van der Waals surface area contributed by atoms with Gasteiger partial charge in [-0.2, -0.15) is 0 Å². The third kappa shape index (κ3) is 3.17. The van der Waals surface area contributed by atoms with Gasteiger partial charge in [0.25, 0.3) is 0 Å². The maximum Gasteiger partial charge on any atom is 0.182 e. The lowest BCUT2D eigenvalue weighted by molar-refractivity contribution is 0.340. The standard InChI is InChI=1S/C18H20N4O2/c1-3-23-15-9-5-13(6-10-15)17-20-21-18(22(17)19)14-7-11-16(12-8-14)24-4-2/h5-12H,3-4,19H2,1-2H3. The lowest BCUT2D eigenvalue weighted by Crippen LogP contribution is -2.11. The van der Waals surface area contributed by atoms with E-state index in [1.54, 1.807) is 0 Å². The van der Waals surface area contributed by atoms with Gasteiger partial charge < -0.3 is 15.3 Å². The van der Waals surface area contributed by atoms with Crippen LogP contribution in [0.15, 0.2) is 48.5 Å². The summed E-state index contributed by atoms with van der Waals surface area (Å²) in [7, 11) is 0. The highest BCUT2D eigenvalue weighted by molar-refractivity contribution is 5.63. The molecule has 0 saturated heterocycles. The maximum atomic E-state index is 6.19. The van der Waals surface area contributed by atoms with Gasteiger partial charge in [-0.1, -0.05) is 0 Å². The molecule has 0 unspecified atom stereocenters. The lowest BCUT2D eigenvalue weighted by Gasteiger charge is -2.07. The molecule has 1 aromatic heterocycles. The number of ether oxygens (including phenoxy) is 2. The summed E-state index contributed by atoms with van der Waals surface area (Å²) in [5.41, 5.74) is 1.76. The van der Waals surface area contributed by atoms with E-state index in [2.05, 4.69) is 10.2 Å². The number of benzene rings is 2. The van der Waals surface area contributed by atoms with Crippen molar-refractivity contribution in [1.29, 1.82) is 0 Å². The fraction of sp³-hybridized carbons (Fsp3) is 0.222. The van der Waals surface area contributed by atoms with E-state index in [0.717, 1.165) is 22.6 Å². The molecule has 0 bridgehead atoms. The molecule has 1 heterocycles. The summed E-state index contributed by atoms with van der Waals surface area (Å²) in [6.45, 7) is 5.17. The highest BCUT2D eigenvalue weighted by Gasteiger charge is 2.13. The zero-order valence-corrected chi connectivity index (χ0v) is 13.8. The number of nitrogens with two attached hydrogens (primary N) is 1. The Labute approximate surface area is 140 Å². The Bertz CT molecular complexity index is 728. The first-order chi connectivity index (χ1) is 11.7. The van der Waals surface area contributed by atoms with Gasteiger partial charge in [-0.25, -0.2) is 4.68 Å². The molecule has 6 heteroatoms. The van der Waals surface area contributed by atoms with Crippen LogP contribution in [-0.2, 0) is 0 Å². The average molecular weight is 324 g/mol. The number of hydrogen-bond acceptors (Lipinski definition) is 5. The van der Waals surface area contributed by atoms with Gasteiger partial charge in [0.2, 0.25) is 0 Å². The summed E-state index contributed by atoms with van der Waals surface area (Å²) in [6.07, 6.45) is 0. The van der Waals surface area contributed by atoms with E-state index in [9.17, 15) is 0 Å². The molecular formula is C18H20N4O2.